The molecule has 1 rings (SSSR count). The lowest BCUT2D eigenvalue weighted by atomic mass is 10.2. The predicted octanol–water partition coefficient (Wildman–Crippen LogP) is 1.51. The minimum atomic E-state index is -0.403. The van der Waals surface area contributed by atoms with E-state index in [-0.39, 0.29) is 12.3 Å². The van der Waals surface area contributed by atoms with Gasteiger partial charge in [-0.2, -0.15) is 0 Å². The van der Waals surface area contributed by atoms with Crippen LogP contribution in [0, 0.1) is 17.0 Å². The molecule has 0 aromatic carbocycles. The van der Waals surface area contributed by atoms with Gasteiger partial charge in [0, 0.05) is 31.5 Å². The quantitative estimate of drug-likeness (QED) is 0.601. The highest BCUT2D eigenvalue weighted by Crippen LogP contribution is 2.28. The molecule has 0 saturated carbocycles. The van der Waals surface area contributed by atoms with Crippen LogP contribution >= 0.6 is 0 Å². The molecule has 0 aliphatic rings. The fraction of sp³-hybridized carbons (Fsp3) is 0.545. The standard InChI is InChI=1S/C11H17N3O3/c1-3-13(7-4-8-15)11-10(14(16)17)9(2)5-6-12-11/h5-6,15H,3-4,7-8H2,1-2H3. The fourth-order valence-corrected chi connectivity index (χ4v) is 1.67. The number of aromatic nitrogens is 1. The number of rotatable bonds is 6. The Morgan fingerprint density at radius 1 is 1.59 bits per heavy atom. The third-order valence-electron chi connectivity index (χ3n) is 2.56. The van der Waals surface area contributed by atoms with Crippen molar-refractivity contribution in [1.29, 1.82) is 0 Å². The fourth-order valence-electron chi connectivity index (χ4n) is 1.67. The van der Waals surface area contributed by atoms with Gasteiger partial charge in [0.1, 0.15) is 0 Å². The molecule has 17 heavy (non-hydrogen) atoms. The largest absolute Gasteiger partial charge is 0.396 e. The maximum absolute atomic E-state index is 11.0. The van der Waals surface area contributed by atoms with Gasteiger partial charge in [-0.05, 0) is 26.3 Å². The van der Waals surface area contributed by atoms with Crippen molar-refractivity contribution < 1.29 is 10.0 Å². The third kappa shape index (κ3) is 3.13. The van der Waals surface area contributed by atoms with Gasteiger partial charge in [-0.15, -0.1) is 0 Å². The van der Waals surface area contributed by atoms with Crippen molar-refractivity contribution >= 4 is 11.5 Å². The Morgan fingerprint density at radius 3 is 2.82 bits per heavy atom. The zero-order valence-electron chi connectivity index (χ0n) is 10.1. The van der Waals surface area contributed by atoms with E-state index >= 15 is 0 Å². The lowest BCUT2D eigenvalue weighted by Gasteiger charge is -2.21. The number of hydrogen-bond acceptors (Lipinski definition) is 5. The molecule has 1 N–H and O–H groups in total. The topological polar surface area (TPSA) is 79.5 Å². The first-order chi connectivity index (χ1) is 8.11. The molecule has 0 radical (unpaired) electrons. The Morgan fingerprint density at radius 2 is 2.29 bits per heavy atom. The van der Waals surface area contributed by atoms with Crippen molar-refractivity contribution in [3.05, 3.63) is 27.9 Å². The molecular formula is C11H17N3O3. The van der Waals surface area contributed by atoms with Crippen molar-refractivity contribution in [2.75, 3.05) is 24.6 Å². The lowest BCUT2D eigenvalue weighted by Crippen LogP contribution is -2.26. The molecule has 0 bridgehead atoms. The van der Waals surface area contributed by atoms with Gasteiger partial charge in [0.25, 0.3) is 0 Å². The van der Waals surface area contributed by atoms with E-state index in [1.54, 1.807) is 24.1 Å². The average molecular weight is 239 g/mol. The molecule has 0 aliphatic carbocycles. The van der Waals surface area contributed by atoms with Crippen LogP contribution in [0.3, 0.4) is 0 Å². The van der Waals surface area contributed by atoms with Crippen LogP contribution in [0.1, 0.15) is 18.9 Å². The van der Waals surface area contributed by atoms with Crippen molar-refractivity contribution in [3.63, 3.8) is 0 Å². The normalized spacial score (nSPS) is 10.3. The smallest absolute Gasteiger partial charge is 0.314 e. The highest BCUT2D eigenvalue weighted by Gasteiger charge is 2.22. The predicted molar refractivity (Wildman–Crippen MR) is 65.2 cm³/mol. The maximum atomic E-state index is 11.0. The van der Waals surface area contributed by atoms with E-state index in [0.717, 1.165) is 0 Å². The Hall–Kier alpha value is -1.69. The SMILES string of the molecule is CCN(CCCO)c1nccc(C)c1[N+](=O)[O-]. The van der Waals surface area contributed by atoms with E-state index in [2.05, 4.69) is 4.98 Å². The molecular weight excluding hydrogens is 222 g/mol. The molecule has 0 amide bonds. The Labute approximate surface area is 100 Å². The van der Waals surface area contributed by atoms with Crippen LogP contribution in [0.2, 0.25) is 0 Å². The second-order valence-corrected chi connectivity index (χ2v) is 3.71. The van der Waals surface area contributed by atoms with Gasteiger partial charge in [0.05, 0.1) is 4.92 Å². The molecule has 0 saturated heterocycles. The van der Waals surface area contributed by atoms with Crippen LogP contribution in [-0.4, -0.2) is 34.7 Å². The Bertz CT molecular complexity index is 396. The minimum absolute atomic E-state index is 0.0484. The molecule has 0 unspecified atom stereocenters. The second kappa shape index (κ2) is 6.15. The first-order valence-corrected chi connectivity index (χ1v) is 5.57. The molecule has 6 heteroatoms. The second-order valence-electron chi connectivity index (χ2n) is 3.71. The first-order valence-electron chi connectivity index (χ1n) is 5.57. The van der Waals surface area contributed by atoms with Crippen molar-refractivity contribution in [3.8, 4) is 0 Å². The highest BCUT2D eigenvalue weighted by atomic mass is 16.6. The number of aryl methyl sites for hydroxylation is 1. The van der Waals surface area contributed by atoms with Crippen molar-refractivity contribution in [2.24, 2.45) is 0 Å². The number of hydrogen-bond donors (Lipinski definition) is 1. The number of nitro groups is 1. The van der Waals surface area contributed by atoms with E-state index in [0.29, 0.717) is 30.9 Å². The van der Waals surface area contributed by atoms with Gasteiger partial charge < -0.3 is 10.0 Å². The number of aliphatic hydroxyl groups is 1. The van der Waals surface area contributed by atoms with Crippen molar-refractivity contribution in [1.82, 2.24) is 4.98 Å². The number of aliphatic hydroxyl groups excluding tert-OH is 1. The zero-order valence-corrected chi connectivity index (χ0v) is 10.1. The lowest BCUT2D eigenvalue weighted by molar-refractivity contribution is -0.384. The van der Waals surface area contributed by atoms with E-state index in [1.807, 2.05) is 6.92 Å². The minimum Gasteiger partial charge on any atom is -0.396 e. The summed E-state index contributed by atoms with van der Waals surface area (Å²) in [5, 5.41) is 19.8. The summed E-state index contributed by atoms with van der Waals surface area (Å²) < 4.78 is 0. The summed E-state index contributed by atoms with van der Waals surface area (Å²) in [6.07, 6.45) is 2.14. The van der Waals surface area contributed by atoms with Crippen LogP contribution < -0.4 is 4.90 Å². The van der Waals surface area contributed by atoms with Crippen LogP contribution in [0.4, 0.5) is 11.5 Å². The summed E-state index contributed by atoms with van der Waals surface area (Å²) >= 11 is 0. The summed E-state index contributed by atoms with van der Waals surface area (Å²) in [7, 11) is 0. The summed E-state index contributed by atoms with van der Waals surface area (Å²) in [6, 6.07) is 1.63. The molecule has 1 aromatic rings. The van der Waals surface area contributed by atoms with E-state index in [9.17, 15) is 10.1 Å². The highest BCUT2D eigenvalue weighted by molar-refractivity contribution is 5.61. The van der Waals surface area contributed by atoms with E-state index in [1.165, 1.54) is 0 Å². The molecule has 0 spiro atoms. The van der Waals surface area contributed by atoms with Gasteiger partial charge in [0.15, 0.2) is 0 Å². The van der Waals surface area contributed by atoms with Crippen LogP contribution in [0.15, 0.2) is 12.3 Å². The Kier molecular flexibility index (Phi) is 4.84. The summed E-state index contributed by atoms with van der Waals surface area (Å²) in [5.74, 6) is 0.381. The third-order valence-corrected chi connectivity index (χ3v) is 2.56. The van der Waals surface area contributed by atoms with Gasteiger partial charge in [-0.1, -0.05) is 0 Å². The first kappa shape index (κ1) is 13.4. The van der Waals surface area contributed by atoms with Crippen molar-refractivity contribution in [2.45, 2.75) is 20.3 Å². The molecule has 6 nitrogen and oxygen atoms in total. The van der Waals surface area contributed by atoms with E-state index in [4.69, 9.17) is 5.11 Å². The van der Waals surface area contributed by atoms with Crippen LogP contribution in [0.25, 0.3) is 0 Å². The summed E-state index contributed by atoms with van der Waals surface area (Å²) in [6.45, 7) is 4.85. The average Bonchev–Trinajstić information content (AvgIpc) is 2.29. The molecule has 1 aromatic heterocycles. The number of pyridine rings is 1. The maximum Gasteiger partial charge on any atom is 0.314 e. The molecule has 0 fully saturated rings. The summed E-state index contributed by atoms with van der Waals surface area (Å²) in [5.41, 5.74) is 0.648. The number of anilines is 1. The van der Waals surface area contributed by atoms with E-state index < -0.39 is 4.92 Å². The molecule has 0 atom stereocenters. The summed E-state index contributed by atoms with van der Waals surface area (Å²) in [4.78, 5) is 16.5. The van der Waals surface area contributed by atoms with Crippen LogP contribution in [-0.2, 0) is 0 Å². The Balaban J connectivity index is 3.09. The molecule has 1 heterocycles. The molecule has 0 aliphatic heterocycles. The molecule has 94 valence electrons. The zero-order chi connectivity index (χ0) is 12.8. The number of nitrogens with zero attached hydrogens (tertiary/aromatic N) is 3. The van der Waals surface area contributed by atoms with Gasteiger partial charge >= 0.3 is 5.69 Å². The van der Waals surface area contributed by atoms with Gasteiger partial charge in [-0.25, -0.2) is 4.98 Å². The van der Waals surface area contributed by atoms with Gasteiger partial charge in [0.2, 0.25) is 5.82 Å². The monoisotopic (exact) mass is 239 g/mol. The van der Waals surface area contributed by atoms with Gasteiger partial charge in [-0.3, -0.25) is 10.1 Å². The van der Waals surface area contributed by atoms with Crippen LogP contribution in [0.5, 0.6) is 0 Å².